The molecule has 0 N–H and O–H groups in total. The minimum atomic E-state index is -3.50. The van der Waals surface area contributed by atoms with E-state index in [4.69, 9.17) is 4.74 Å². The highest BCUT2D eigenvalue weighted by Gasteiger charge is 2.28. The Morgan fingerprint density at radius 1 is 1.00 bits per heavy atom. The Hall–Kier alpha value is -2.04. The minimum absolute atomic E-state index is 0.132. The van der Waals surface area contributed by atoms with Gasteiger partial charge in [-0.2, -0.15) is 4.31 Å². The number of hydrogen-bond acceptors (Lipinski definition) is 6. The van der Waals surface area contributed by atoms with Crippen molar-refractivity contribution in [3.63, 3.8) is 0 Å². The lowest BCUT2D eigenvalue weighted by Crippen LogP contribution is -2.44. The summed E-state index contributed by atoms with van der Waals surface area (Å²) in [4.78, 5) is 23.2. The number of carbonyl (C=O) groups is 1. The van der Waals surface area contributed by atoms with Crippen LogP contribution in [-0.2, 0) is 10.0 Å². The van der Waals surface area contributed by atoms with Crippen LogP contribution in [0.3, 0.4) is 0 Å². The summed E-state index contributed by atoms with van der Waals surface area (Å²) >= 11 is 3.29. The van der Waals surface area contributed by atoms with E-state index in [1.807, 2.05) is 0 Å². The van der Waals surface area contributed by atoms with Gasteiger partial charge in [0, 0.05) is 37.6 Å². The van der Waals surface area contributed by atoms with Gasteiger partial charge in [0.05, 0.1) is 15.9 Å². The zero-order valence-corrected chi connectivity index (χ0v) is 19.5. The van der Waals surface area contributed by atoms with E-state index in [0.717, 1.165) is 36.6 Å². The highest BCUT2D eigenvalue weighted by molar-refractivity contribution is 9.10. The highest BCUT2D eigenvalue weighted by Crippen LogP contribution is 2.22. The molecule has 4 rings (SSSR count). The molecule has 0 saturated carbocycles. The van der Waals surface area contributed by atoms with Crippen LogP contribution < -0.4 is 4.74 Å². The third-order valence-corrected chi connectivity index (χ3v) is 7.91. The lowest BCUT2D eigenvalue weighted by atomic mass is 10.1. The van der Waals surface area contributed by atoms with Gasteiger partial charge in [0.25, 0.3) is 5.91 Å². The van der Waals surface area contributed by atoms with E-state index >= 15 is 0 Å². The van der Waals surface area contributed by atoms with Gasteiger partial charge in [0.15, 0.2) is 0 Å². The minimum Gasteiger partial charge on any atom is -0.458 e. The predicted molar refractivity (Wildman–Crippen MR) is 118 cm³/mol. The smallest absolute Gasteiger partial charge is 0.316 e. The summed E-state index contributed by atoms with van der Waals surface area (Å²) in [6.07, 6.45) is 7.52. The molecule has 0 radical (unpaired) electrons. The summed E-state index contributed by atoms with van der Waals surface area (Å²) in [5.41, 5.74) is 0.470. The van der Waals surface area contributed by atoms with Crippen LogP contribution in [0.2, 0.25) is 0 Å². The van der Waals surface area contributed by atoms with Gasteiger partial charge in [-0.15, -0.1) is 0 Å². The number of amides is 1. The number of likely N-dealkylation sites (tertiary alicyclic amines) is 1. The molecular formula is C21H25BrN4O4S. The number of hydrogen-bond donors (Lipinski definition) is 0. The van der Waals surface area contributed by atoms with E-state index < -0.39 is 10.0 Å². The van der Waals surface area contributed by atoms with Gasteiger partial charge in [-0.1, -0.05) is 6.42 Å². The molecule has 1 amide bonds. The molecule has 10 heteroatoms. The van der Waals surface area contributed by atoms with E-state index in [0.29, 0.717) is 31.7 Å². The van der Waals surface area contributed by atoms with Gasteiger partial charge >= 0.3 is 6.01 Å². The van der Waals surface area contributed by atoms with Gasteiger partial charge in [0.2, 0.25) is 10.0 Å². The number of carbonyl (C=O) groups excluding carboxylic acids is 1. The summed E-state index contributed by atoms with van der Waals surface area (Å²) in [6.45, 7) is 2.18. The molecule has 1 aromatic carbocycles. The molecule has 1 atom stereocenters. The number of sulfonamides is 1. The number of ether oxygens (including phenoxy) is 1. The molecular weight excluding hydrogens is 484 g/mol. The van der Waals surface area contributed by atoms with Crippen LogP contribution in [0.5, 0.6) is 6.01 Å². The fraction of sp³-hybridized carbons (Fsp3) is 0.476. The quantitative estimate of drug-likeness (QED) is 0.615. The van der Waals surface area contributed by atoms with Gasteiger partial charge in [-0.05, 0) is 65.9 Å². The molecule has 2 aromatic rings. The standard InChI is InChI=1S/C21H25BrN4O4S/c22-17-13-23-21(24-14-17)30-18-5-4-10-25(15-18)20(27)16-6-8-19(9-7-16)31(28,29)26-11-2-1-3-12-26/h6-9,13-14,18H,1-5,10-12,15H2. The third kappa shape index (κ3) is 5.24. The Kier molecular flexibility index (Phi) is 6.88. The molecule has 2 aliphatic heterocycles. The van der Waals surface area contributed by atoms with Crippen LogP contribution in [0.4, 0.5) is 0 Å². The molecule has 2 saturated heterocycles. The molecule has 1 aromatic heterocycles. The molecule has 2 fully saturated rings. The van der Waals surface area contributed by atoms with Crippen molar-refractivity contribution in [1.29, 1.82) is 0 Å². The average Bonchev–Trinajstić information content (AvgIpc) is 2.81. The van der Waals surface area contributed by atoms with Crippen LogP contribution in [-0.4, -0.2) is 65.8 Å². The van der Waals surface area contributed by atoms with Crippen molar-refractivity contribution in [2.75, 3.05) is 26.2 Å². The molecule has 3 heterocycles. The van der Waals surface area contributed by atoms with E-state index in [1.54, 1.807) is 29.4 Å². The third-order valence-electron chi connectivity index (χ3n) is 5.59. The zero-order valence-electron chi connectivity index (χ0n) is 17.1. The molecule has 8 nitrogen and oxygen atoms in total. The first kappa shape index (κ1) is 22.2. The van der Waals surface area contributed by atoms with Crippen molar-refractivity contribution < 1.29 is 17.9 Å². The summed E-state index contributed by atoms with van der Waals surface area (Å²) in [6, 6.07) is 6.55. The lowest BCUT2D eigenvalue weighted by Gasteiger charge is -2.32. The van der Waals surface area contributed by atoms with Crippen molar-refractivity contribution in [3.05, 3.63) is 46.7 Å². The van der Waals surface area contributed by atoms with E-state index in [9.17, 15) is 13.2 Å². The number of halogens is 1. The number of nitrogens with zero attached hydrogens (tertiary/aromatic N) is 4. The Bertz CT molecular complexity index is 1010. The topological polar surface area (TPSA) is 92.7 Å². The Morgan fingerprint density at radius 2 is 1.68 bits per heavy atom. The second-order valence-corrected chi connectivity index (χ2v) is 10.7. The van der Waals surface area contributed by atoms with Crippen molar-refractivity contribution in [3.8, 4) is 6.01 Å². The van der Waals surface area contributed by atoms with Gasteiger partial charge < -0.3 is 9.64 Å². The Labute approximate surface area is 190 Å². The van der Waals surface area contributed by atoms with Crippen LogP contribution in [0.1, 0.15) is 42.5 Å². The molecule has 1 unspecified atom stereocenters. The van der Waals surface area contributed by atoms with Crippen molar-refractivity contribution in [2.45, 2.75) is 43.1 Å². The zero-order chi connectivity index (χ0) is 21.8. The summed E-state index contributed by atoms with van der Waals surface area (Å²) in [5, 5.41) is 0. The van der Waals surface area contributed by atoms with Gasteiger partial charge in [-0.25, -0.2) is 18.4 Å². The highest BCUT2D eigenvalue weighted by atomic mass is 79.9. The van der Waals surface area contributed by atoms with Crippen LogP contribution >= 0.6 is 15.9 Å². The monoisotopic (exact) mass is 508 g/mol. The van der Waals surface area contributed by atoms with E-state index in [2.05, 4.69) is 25.9 Å². The molecule has 31 heavy (non-hydrogen) atoms. The van der Waals surface area contributed by atoms with E-state index in [1.165, 1.54) is 16.4 Å². The molecule has 2 aliphatic rings. The molecule has 0 spiro atoms. The van der Waals surface area contributed by atoms with Crippen molar-refractivity contribution in [1.82, 2.24) is 19.2 Å². The normalized spacial score (nSPS) is 20.4. The number of piperidine rings is 2. The fourth-order valence-corrected chi connectivity index (χ4v) is 5.66. The van der Waals surface area contributed by atoms with Gasteiger partial charge in [0.1, 0.15) is 6.10 Å². The number of benzene rings is 1. The largest absolute Gasteiger partial charge is 0.458 e. The number of aromatic nitrogens is 2. The predicted octanol–water partition coefficient (Wildman–Crippen LogP) is 3.10. The maximum atomic E-state index is 13.0. The van der Waals surface area contributed by atoms with E-state index in [-0.39, 0.29) is 22.9 Å². The molecule has 166 valence electrons. The maximum absolute atomic E-state index is 13.0. The first-order valence-corrected chi connectivity index (χ1v) is 12.7. The first-order valence-electron chi connectivity index (χ1n) is 10.5. The molecule has 0 bridgehead atoms. The molecule has 0 aliphatic carbocycles. The van der Waals surface area contributed by atoms with Crippen LogP contribution in [0, 0.1) is 0 Å². The summed E-state index contributed by atoms with van der Waals surface area (Å²) < 4.78 is 33.8. The summed E-state index contributed by atoms with van der Waals surface area (Å²) in [5.74, 6) is -0.132. The Morgan fingerprint density at radius 3 is 2.35 bits per heavy atom. The van der Waals surface area contributed by atoms with Crippen LogP contribution in [0.25, 0.3) is 0 Å². The second kappa shape index (κ2) is 9.62. The SMILES string of the molecule is O=C(c1ccc(S(=O)(=O)N2CCCCC2)cc1)N1CCCC(Oc2ncc(Br)cn2)C1. The second-order valence-electron chi connectivity index (χ2n) is 7.81. The van der Waals surface area contributed by atoms with Crippen molar-refractivity contribution in [2.24, 2.45) is 0 Å². The van der Waals surface area contributed by atoms with Crippen molar-refractivity contribution >= 4 is 31.9 Å². The number of rotatable bonds is 5. The van der Waals surface area contributed by atoms with Gasteiger partial charge in [-0.3, -0.25) is 4.79 Å². The van der Waals surface area contributed by atoms with Crippen LogP contribution in [0.15, 0.2) is 46.0 Å². The summed E-state index contributed by atoms with van der Waals surface area (Å²) in [7, 11) is -3.50. The average molecular weight is 509 g/mol. The maximum Gasteiger partial charge on any atom is 0.316 e. The lowest BCUT2D eigenvalue weighted by molar-refractivity contribution is 0.0515. The first-order chi connectivity index (χ1) is 14.9. The fourth-order valence-electron chi connectivity index (χ4n) is 3.94. The Balaban J connectivity index is 1.41.